The number of aromatic hydroxyl groups is 1. The number of amides is 1. The molecule has 0 radical (unpaired) electrons. The average Bonchev–Trinajstić information content (AvgIpc) is 3.19. The van der Waals surface area contributed by atoms with Gasteiger partial charge in [-0.2, -0.15) is 9.36 Å². The molecule has 1 aromatic carbocycles. The second-order valence-electron chi connectivity index (χ2n) is 6.12. The minimum Gasteiger partial charge on any atom is -0.492 e. The van der Waals surface area contributed by atoms with Gasteiger partial charge in [-0.15, -0.1) is 0 Å². The van der Waals surface area contributed by atoms with Gasteiger partial charge in [-0.3, -0.25) is 4.79 Å². The van der Waals surface area contributed by atoms with Crippen LogP contribution >= 0.6 is 11.5 Å². The van der Waals surface area contributed by atoms with Gasteiger partial charge in [-0.1, -0.05) is 0 Å². The molecular formula is C17H16FN5O2S. The smallest absolute Gasteiger partial charge is 0.254 e. The van der Waals surface area contributed by atoms with E-state index in [0.717, 1.165) is 0 Å². The average molecular weight is 373 g/mol. The van der Waals surface area contributed by atoms with Gasteiger partial charge in [0.25, 0.3) is 5.91 Å². The number of hydrogen-bond acceptors (Lipinski definition) is 6. The van der Waals surface area contributed by atoms with Crippen molar-refractivity contribution in [2.75, 3.05) is 6.54 Å². The zero-order valence-electron chi connectivity index (χ0n) is 14.2. The van der Waals surface area contributed by atoms with E-state index in [1.54, 1.807) is 11.8 Å². The fraction of sp³-hybridized carbons (Fsp3) is 0.294. The second-order valence-corrected chi connectivity index (χ2v) is 6.88. The third-order valence-electron chi connectivity index (χ3n) is 4.49. The molecular weight excluding hydrogens is 357 g/mol. The first-order valence-electron chi connectivity index (χ1n) is 8.12. The zero-order valence-corrected chi connectivity index (χ0v) is 15.0. The molecule has 1 aliphatic rings. The zero-order chi connectivity index (χ0) is 18.4. The van der Waals surface area contributed by atoms with Gasteiger partial charge in [0.2, 0.25) is 5.88 Å². The summed E-state index contributed by atoms with van der Waals surface area (Å²) < 4.78 is 19.1. The van der Waals surface area contributed by atoms with Gasteiger partial charge in [0.05, 0.1) is 6.04 Å². The summed E-state index contributed by atoms with van der Waals surface area (Å²) >= 11 is 1.22. The molecule has 1 amide bonds. The Kier molecular flexibility index (Phi) is 3.95. The number of halogens is 1. The van der Waals surface area contributed by atoms with Crippen LogP contribution in [0.4, 0.5) is 4.39 Å². The third kappa shape index (κ3) is 2.64. The minimum absolute atomic E-state index is 0.114. The molecule has 0 aliphatic carbocycles. The van der Waals surface area contributed by atoms with Crippen LogP contribution in [-0.2, 0) is 6.54 Å². The molecule has 0 saturated carbocycles. The summed E-state index contributed by atoms with van der Waals surface area (Å²) in [4.78, 5) is 23.0. The van der Waals surface area contributed by atoms with E-state index in [1.165, 1.54) is 35.8 Å². The van der Waals surface area contributed by atoms with Crippen molar-refractivity contribution in [1.29, 1.82) is 0 Å². The fourth-order valence-electron chi connectivity index (χ4n) is 3.23. The summed E-state index contributed by atoms with van der Waals surface area (Å²) in [6.07, 6.45) is 0. The van der Waals surface area contributed by atoms with Gasteiger partial charge in [0.1, 0.15) is 17.3 Å². The highest BCUT2D eigenvalue weighted by Crippen LogP contribution is 2.37. The van der Waals surface area contributed by atoms with Crippen molar-refractivity contribution < 1.29 is 14.3 Å². The molecule has 1 atom stereocenters. The first kappa shape index (κ1) is 16.6. The van der Waals surface area contributed by atoms with E-state index in [0.29, 0.717) is 41.0 Å². The fourth-order valence-corrected chi connectivity index (χ4v) is 3.90. The molecule has 2 aromatic heterocycles. The van der Waals surface area contributed by atoms with Crippen molar-refractivity contribution in [3.05, 3.63) is 47.2 Å². The first-order chi connectivity index (χ1) is 12.5. The van der Waals surface area contributed by atoms with E-state index in [4.69, 9.17) is 0 Å². The largest absolute Gasteiger partial charge is 0.492 e. The highest BCUT2D eigenvalue weighted by molar-refractivity contribution is 7.09. The van der Waals surface area contributed by atoms with Crippen molar-refractivity contribution in [3.8, 4) is 16.7 Å². The Hall–Kier alpha value is -2.81. The summed E-state index contributed by atoms with van der Waals surface area (Å²) in [6, 6.07) is 5.08. The molecule has 9 heteroatoms. The van der Waals surface area contributed by atoms with Crippen LogP contribution in [0.2, 0.25) is 0 Å². The van der Waals surface area contributed by atoms with Crippen LogP contribution in [0, 0.1) is 12.7 Å². The predicted molar refractivity (Wildman–Crippen MR) is 93.4 cm³/mol. The lowest BCUT2D eigenvalue weighted by Gasteiger charge is -2.34. The van der Waals surface area contributed by atoms with Crippen LogP contribution in [-0.4, -0.2) is 41.4 Å². The number of fused-ring (bicyclic) bond motifs is 1. The Balaban J connectivity index is 1.69. The van der Waals surface area contributed by atoms with Gasteiger partial charge < -0.3 is 14.6 Å². The topological polar surface area (TPSA) is 84.1 Å². The Morgan fingerprint density at radius 1 is 1.27 bits per heavy atom. The number of benzene rings is 1. The van der Waals surface area contributed by atoms with Crippen molar-refractivity contribution in [2.24, 2.45) is 0 Å². The molecule has 26 heavy (non-hydrogen) atoms. The molecule has 0 bridgehead atoms. The number of rotatable bonds is 2. The van der Waals surface area contributed by atoms with Crippen molar-refractivity contribution >= 4 is 17.4 Å². The molecule has 134 valence electrons. The van der Waals surface area contributed by atoms with Gasteiger partial charge in [-0.05, 0) is 49.6 Å². The quantitative estimate of drug-likeness (QED) is 0.747. The molecule has 3 aromatic rings. The number of carbonyl (C=O) groups is 1. The number of aryl methyl sites for hydroxylation is 1. The maximum absolute atomic E-state index is 13.1. The molecule has 1 N–H and O–H groups in total. The number of hydrogen-bond donors (Lipinski definition) is 1. The van der Waals surface area contributed by atoms with Gasteiger partial charge in [-0.25, -0.2) is 9.37 Å². The van der Waals surface area contributed by atoms with Crippen molar-refractivity contribution in [2.45, 2.75) is 26.4 Å². The number of aromatic nitrogens is 4. The maximum atomic E-state index is 13.1. The lowest BCUT2D eigenvalue weighted by molar-refractivity contribution is 0.0641. The van der Waals surface area contributed by atoms with E-state index in [9.17, 15) is 14.3 Å². The normalized spacial score (nSPS) is 16.6. The van der Waals surface area contributed by atoms with E-state index in [2.05, 4.69) is 14.3 Å². The number of nitrogens with zero attached hydrogens (tertiary/aromatic N) is 5. The van der Waals surface area contributed by atoms with E-state index >= 15 is 0 Å². The Bertz CT molecular complexity index is 982. The van der Waals surface area contributed by atoms with Crippen molar-refractivity contribution in [3.63, 3.8) is 0 Å². The molecule has 0 fully saturated rings. The number of imidazole rings is 1. The van der Waals surface area contributed by atoms with Crippen LogP contribution in [0.25, 0.3) is 10.8 Å². The van der Waals surface area contributed by atoms with Gasteiger partial charge in [0.15, 0.2) is 10.8 Å². The van der Waals surface area contributed by atoms with Crippen molar-refractivity contribution in [1.82, 2.24) is 23.8 Å². The van der Waals surface area contributed by atoms with Crippen LogP contribution < -0.4 is 0 Å². The molecule has 0 saturated heterocycles. The second kappa shape index (κ2) is 6.17. The van der Waals surface area contributed by atoms with Crippen LogP contribution in [0.5, 0.6) is 5.88 Å². The minimum atomic E-state index is -0.388. The summed E-state index contributed by atoms with van der Waals surface area (Å²) in [5.41, 5.74) is 0.972. The summed E-state index contributed by atoms with van der Waals surface area (Å²) in [6.45, 7) is 4.56. The lowest BCUT2D eigenvalue weighted by Crippen LogP contribution is -2.41. The highest BCUT2D eigenvalue weighted by Gasteiger charge is 2.34. The number of carbonyl (C=O) groups excluding carboxylic acids is 1. The maximum Gasteiger partial charge on any atom is 0.254 e. The Labute approximate surface area is 152 Å². The predicted octanol–water partition coefficient (Wildman–Crippen LogP) is 2.77. The standard InChI is InChI=1S/C17H16FN5O2S/c1-9-13-15(24)20-14(16-19-10(2)21-26-16)23(13)8-7-22(9)17(25)11-3-5-12(18)6-4-11/h3-6,9,24H,7-8H2,1-2H3/t9-/m1/s1. The van der Waals surface area contributed by atoms with E-state index < -0.39 is 0 Å². The van der Waals surface area contributed by atoms with E-state index in [-0.39, 0.29) is 23.6 Å². The summed E-state index contributed by atoms with van der Waals surface area (Å²) in [5, 5.41) is 11.0. The van der Waals surface area contributed by atoms with Crippen LogP contribution in [0.15, 0.2) is 24.3 Å². The monoisotopic (exact) mass is 373 g/mol. The molecule has 0 spiro atoms. The summed E-state index contributed by atoms with van der Waals surface area (Å²) in [7, 11) is 0. The Morgan fingerprint density at radius 2 is 2.00 bits per heavy atom. The molecule has 4 rings (SSSR count). The van der Waals surface area contributed by atoms with Gasteiger partial charge >= 0.3 is 0 Å². The molecule has 0 unspecified atom stereocenters. The summed E-state index contributed by atoms with van der Waals surface area (Å²) in [5.74, 6) is 0.498. The SMILES string of the molecule is Cc1nsc(-c2nc(O)c3n2CCN(C(=O)c2ccc(F)cc2)[C@@H]3C)n1. The van der Waals surface area contributed by atoms with Gasteiger partial charge in [0, 0.05) is 18.7 Å². The Morgan fingerprint density at radius 3 is 2.65 bits per heavy atom. The van der Waals surface area contributed by atoms with E-state index in [1.807, 2.05) is 11.5 Å². The first-order valence-corrected chi connectivity index (χ1v) is 8.89. The third-order valence-corrected chi connectivity index (χ3v) is 5.29. The highest BCUT2D eigenvalue weighted by atomic mass is 32.1. The lowest BCUT2D eigenvalue weighted by atomic mass is 10.1. The molecule has 1 aliphatic heterocycles. The van der Waals surface area contributed by atoms with Crippen LogP contribution in [0.3, 0.4) is 0 Å². The molecule has 7 nitrogen and oxygen atoms in total. The van der Waals surface area contributed by atoms with Crippen LogP contribution in [0.1, 0.15) is 34.8 Å². The molecule has 3 heterocycles.